The van der Waals surface area contributed by atoms with Gasteiger partial charge in [-0.15, -0.1) is 0 Å². The molecule has 0 unspecified atom stereocenters. The molecular formula is C15H27N5. The van der Waals surface area contributed by atoms with E-state index < -0.39 is 0 Å². The second-order valence-corrected chi connectivity index (χ2v) is 6.25. The van der Waals surface area contributed by atoms with Crippen LogP contribution in [0.25, 0.3) is 0 Å². The molecule has 1 aliphatic heterocycles. The molecule has 2 heterocycles. The molecule has 0 spiro atoms. The zero-order valence-corrected chi connectivity index (χ0v) is 12.6. The number of nitrogens with one attached hydrogen (secondary N) is 1. The summed E-state index contributed by atoms with van der Waals surface area (Å²) in [4.78, 5) is 7.13. The van der Waals surface area contributed by atoms with Gasteiger partial charge in [0.1, 0.15) is 12.2 Å². The van der Waals surface area contributed by atoms with Gasteiger partial charge in [0.2, 0.25) is 0 Å². The van der Waals surface area contributed by atoms with Gasteiger partial charge in [-0.3, -0.25) is 4.90 Å². The molecular weight excluding hydrogens is 250 g/mol. The summed E-state index contributed by atoms with van der Waals surface area (Å²) in [6, 6.07) is 0.802. The van der Waals surface area contributed by atoms with Gasteiger partial charge in [0, 0.05) is 19.1 Å². The quantitative estimate of drug-likeness (QED) is 0.823. The van der Waals surface area contributed by atoms with E-state index in [0.717, 1.165) is 37.3 Å². The summed E-state index contributed by atoms with van der Waals surface area (Å²) in [5.74, 6) is 2.01. The third-order valence-corrected chi connectivity index (χ3v) is 4.49. The highest BCUT2D eigenvalue weighted by atomic mass is 15.4. The smallest absolute Gasteiger partial charge is 0.141 e. The second kappa shape index (κ2) is 6.68. The van der Waals surface area contributed by atoms with Gasteiger partial charge >= 0.3 is 0 Å². The number of rotatable bonds is 7. The first kappa shape index (κ1) is 14.0. The van der Waals surface area contributed by atoms with Crippen LogP contribution in [0.15, 0.2) is 6.33 Å². The lowest BCUT2D eigenvalue weighted by atomic mass is 9.97. The number of aryl methyl sites for hydroxylation is 1. The minimum absolute atomic E-state index is 0.802. The van der Waals surface area contributed by atoms with Crippen molar-refractivity contribution in [2.24, 2.45) is 5.92 Å². The summed E-state index contributed by atoms with van der Waals surface area (Å²) in [6.07, 6.45) is 8.21. The van der Waals surface area contributed by atoms with E-state index in [0.29, 0.717) is 0 Å². The molecule has 1 saturated carbocycles. The first-order valence-electron chi connectivity index (χ1n) is 8.18. The Morgan fingerprint density at radius 3 is 2.80 bits per heavy atom. The number of hydrogen-bond acceptors (Lipinski definition) is 4. The van der Waals surface area contributed by atoms with Crippen LogP contribution in [0, 0.1) is 5.92 Å². The normalized spacial score (nSPS) is 20.7. The molecule has 5 heteroatoms. The van der Waals surface area contributed by atoms with Gasteiger partial charge in [0.15, 0.2) is 0 Å². The highest BCUT2D eigenvalue weighted by molar-refractivity contribution is 4.92. The molecule has 1 aliphatic carbocycles. The average Bonchev–Trinajstić information content (AvgIpc) is 3.23. The lowest BCUT2D eigenvalue weighted by molar-refractivity contribution is 0.183. The van der Waals surface area contributed by atoms with E-state index >= 15 is 0 Å². The molecule has 3 rings (SSSR count). The van der Waals surface area contributed by atoms with Crippen LogP contribution in [-0.2, 0) is 13.1 Å². The Bertz CT molecular complexity index is 406. The van der Waals surface area contributed by atoms with Crippen molar-refractivity contribution in [2.45, 2.75) is 58.2 Å². The molecule has 1 N–H and O–H groups in total. The predicted molar refractivity (Wildman–Crippen MR) is 79.3 cm³/mol. The standard InChI is InChI=1S/C15H27N5/c1-2-9-20-15(17-12-18-20)11-19(14-3-4-14)10-13-5-7-16-8-6-13/h12-14,16H,2-11H2,1H3. The molecule has 112 valence electrons. The van der Waals surface area contributed by atoms with Crippen molar-refractivity contribution in [3.8, 4) is 0 Å². The Hall–Kier alpha value is -0.940. The third-order valence-electron chi connectivity index (χ3n) is 4.49. The third kappa shape index (κ3) is 3.58. The van der Waals surface area contributed by atoms with Crippen LogP contribution in [0.5, 0.6) is 0 Å². The van der Waals surface area contributed by atoms with E-state index in [-0.39, 0.29) is 0 Å². The van der Waals surface area contributed by atoms with Gasteiger partial charge in [-0.05, 0) is 51.1 Å². The highest BCUT2D eigenvalue weighted by Gasteiger charge is 2.31. The van der Waals surface area contributed by atoms with Gasteiger partial charge < -0.3 is 5.32 Å². The lowest BCUT2D eigenvalue weighted by Gasteiger charge is -2.30. The van der Waals surface area contributed by atoms with E-state index in [1.165, 1.54) is 45.3 Å². The largest absolute Gasteiger partial charge is 0.317 e. The van der Waals surface area contributed by atoms with Crippen LogP contribution in [-0.4, -0.2) is 45.3 Å². The fourth-order valence-electron chi connectivity index (χ4n) is 3.17. The van der Waals surface area contributed by atoms with Crippen molar-refractivity contribution in [2.75, 3.05) is 19.6 Å². The SMILES string of the molecule is CCCn1ncnc1CN(CC1CCNCC1)C1CC1. The maximum absolute atomic E-state index is 4.48. The number of aromatic nitrogens is 3. The van der Waals surface area contributed by atoms with Crippen molar-refractivity contribution < 1.29 is 0 Å². The van der Waals surface area contributed by atoms with E-state index in [9.17, 15) is 0 Å². The van der Waals surface area contributed by atoms with Gasteiger partial charge in [0.05, 0.1) is 6.54 Å². The van der Waals surface area contributed by atoms with Crippen molar-refractivity contribution in [1.82, 2.24) is 25.0 Å². The molecule has 0 radical (unpaired) electrons. The molecule has 0 aromatic carbocycles. The fraction of sp³-hybridized carbons (Fsp3) is 0.867. The maximum Gasteiger partial charge on any atom is 0.141 e. The van der Waals surface area contributed by atoms with E-state index in [2.05, 4.69) is 31.9 Å². The molecule has 1 aromatic heterocycles. The van der Waals surface area contributed by atoms with Crippen LogP contribution in [0.4, 0.5) is 0 Å². The first-order valence-corrected chi connectivity index (χ1v) is 8.18. The monoisotopic (exact) mass is 277 g/mol. The molecule has 1 aromatic rings. The number of piperidine rings is 1. The summed E-state index contributed by atoms with van der Waals surface area (Å²) in [6.45, 7) is 7.78. The molecule has 0 amide bonds. The number of nitrogens with zero attached hydrogens (tertiary/aromatic N) is 4. The Kier molecular flexibility index (Phi) is 4.68. The van der Waals surface area contributed by atoms with Crippen molar-refractivity contribution in [1.29, 1.82) is 0 Å². The minimum atomic E-state index is 0.802. The maximum atomic E-state index is 4.48. The Morgan fingerprint density at radius 2 is 2.10 bits per heavy atom. The Labute approximate surface area is 121 Å². The molecule has 20 heavy (non-hydrogen) atoms. The number of hydrogen-bond donors (Lipinski definition) is 1. The van der Waals surface area contributed by atoms with Crippen LogP contribution < -0.4 is 5.32 Å². The van der Waals surface area contributed by atoms with Gasteiger partial charge in [0.25, 0.3) is 0 Å². The molecule has 0 atom stereocenters. The van der Waals surface area contributed by atoms with Crippen molar-refractivity contribution in [3.63, 3.8) is 0 Å². The fourth-order valence-corrected chi connectivity index (χ4v) is 3.17. The van der Waals surface area contributed by atoms with Gasteiger partial charge in [-0.25, -0.2) is 9.67 Å². The highest BCUT2D eigenvalue weighted by Crippen LogP contribution is 2.30. The van der Waals surface area contributed by atoms with Crippen LogP contribution >= 0.6 is 0 Å². The average molecular weight is 277 g/mol. The van der Waals surface area contributed by atoms with E-state index in [1.807, 2.05) is 0 Å². The molecule has 5 nitrogen and oxygen atoms in total. The second-order valence-electron chi connectivity index (χ2n) is 6.25. The lowest BCUT2D eigenvalue weighted by Crippen LogP contribution is -2.37. The Morgan fingerprint density at radius 1 is 1.30 bits per heavy atom. The zero-order chi connectivity index (χ0) is 13.8. The van der Waals surface area contributed by atoms with E-state index in [4.69, 9.17) is 0 Å². The topological polar surface area (TPSA) is 46.0 Å². The van der Waals surface area contributed by atoms with Crippen LogP contribution in [0.3, 0.4) is 0 Å². The summed E-state index contributed by atoms with van der Waals surface area (Å²) in [5, 5.41) is 7.81. The minimum Gasteiger partial charge on any atom is -0.317 e. The molecule has 2 aliphatic rings. The summed E-state index contributed by atoms with van der Waals surface area (Å²) in [5.41, 5.74) is 0. The van der Waals surface area contributed by atoms with Crippen molar-refractivity contribution >= 4 is 0 Å². The van der Waals surface area contributed by atoms with Gasteiger partial charge in [-0.1, -0.05) is 6.92 Å². The summed E-state index contributed by atoms with van der Waals surface area (Å²) >= 11 is 0. The van der Waals surface area contributed by atoms with Gasteiger partial charge in [-0.2, -0.15) is 5.10 Å². The molecule has 2 fully saturated rings. The first-order chi connectivity index (χ1) is 9.86. The van der Waals surface area contributed by atoms with Crippen LogP contribution in [0.2, 0.25) is 0 Å². The zero-order valence-electron chi connectivity index (χ0n) is 12.6. The summed E-state index contributed by atoms with van der Waals surface area (Å²) in [7, 11) is 0. The predicted octanol–water partition coefficient (Wildman–Crippen LogP) is 1.65. The summed E-state index contributed by atoms with van der Waals surface area (Å²) < 4.78 is 2.08. The van der Waals surface area contributed by atoms with E-state index in [1.54, 1.807) is 6.33 Å². The van der Waals surface area contributed by atoms with Crippen molar-refractivity contribution in [3.05, 3.63) is 12.2 Å². The molecule has 1 saturated heterocycles. The molecule has 0 bridgehead atoms. The Balaban J connectivity index is 1.60. The van der Waals surface area contributed by atoms with Crippen LogP contribution in [0.1, 0.15) is 44.9 Å².